The molecule has 2 amide bonds. The summed E-state index contributed by atoms with van der Waals surface area (Å²) in [4.78, 5) is 10.8. The average molecular weight is 210 g/mol. The van der Waals surface area contributed by atoms with Crippen LogP contribution >= 0.6 is 10.8 Å². The first-order valence-electron chi connectivity index (χ1n) is 4.30. The zero-order chi connectivity index (χ0) is 10.5. The van der Waals surface area contributed by atoms with Gasteiger partial charge < -0.3 is 5.32 Å². The van der Waals surface area contributed by atoms with Crippen LogP contribution in [0.3, 0.4) is 0 Å². The molecule has 0 saturated carbocycles. The molecule has 1 aliphatic heterocycles. The molecule has 2 N–H and O–H groups in total. The molecule has 0 aromatic rings. The Morgan fingerprint density at radius 2 is 1.77 bits per heavy atom. The molecule has 1 aliphatic rings. The highest BCUT2D eigenvalue weighted by Crippen LogP contribution is 2.65. The van der Waals surface area contributed by atoms with Crippen molar-refractivity contribution in [3.63, 3.8) is 0 Å². The molecule has 0 aromatic carbocycles. The smallest absolute Gasteiger partial charge is 0.332 e. The predicted molar refractivity (Wildman–Crippen MR) is 53.8 cm³/mol. The number of rotatable bonds is 2. The first-order valence-corrected chi connectivity index (χ1v) is 5.84. The number of amides is 2. The predicted octanol–water partition coefficient (Wildman–Crippen LogP) is 1.86. The molecular formula is C7H18N2O3S. The van der Waals surface area contributed by atoms with Crippen LogP contribution in [0.4, 0.5) is 4.79 Å². The Bertz CT molecular complexity index is 171. The van der Waals surface area contributed by atoms with Crippen molar-refractivity contribution in [3.8, 4) is 0 Å². The third kappa shape index (κ3) is 3.41. The lowest BCUT2D eigenvalue weighted by molar-refractivity contribution is 0.0850. The molecule has 1 fully saturated rings. The Morgan fingerprint density at radius 1 is 1.31 bits per heavy atom. The number of carbonyl (C=O) groups excluding carboxylic acids is 1. The van der Waals surface area contributed by atoms with E-state index in [0.717, 1.165) is 0 Å². The van der Waals surface area contributed by atoms with E-state index in [4.69, 9.17) is 8.67 Å². The van der Waals surface area contributed by atoms with Gasteiger partial charge in [0.05, 0.1) is 5.25 Å². The van der Waals surface area contributed by atoms with Gasteiger partial charge in [0.15, 0.2) is 0 Å². The third-order valence-electron chi connectivity index (χ3n) is 1.30. The van der Waals surface area contributed by atoms with Gasteiger partial charge in [-0.25, -0.2) is 9.52 Å². The lowest BCUT2D eigenvalue weighted by Crippen LogP contribution is -2.33. The number of carbonyl (C=O) groups is 1. The topological polar surface area (TPSA) is 66.2 Å². The first-order chi connectivity index (χ1) is 6.10. The van der Waals surface area contributed by atoms with Gasteiger partial charge >= 0.3 is 6.03 Å². The van der Waals surface area contributed by atoms with Crippen LogP contribution in [-0.4, -0.2) is 18.3 Å². The molecule has 0 unspecified atom stereocenters. The summed E-state index contributed by atoms with van der Waals surface area (Å²) in [5.41, 5.74) is 0. The van der Waals surface area contributed by atoms with Crippen LogP contribution in [0.2, 0.25) is 0 Å². The molecule has 1 rings (SSSR count). The standard InChI is InChI=1S/C5H12N2O3S.C2H6/c1-4(2)11(9-10-11)7-5(8)6-3;1-2/h4H,1-3H3,(H2,6,7,8);1-2H3. The van der Waals surface area contributed by atoms with Gasteiger partial charge in [0, 0.05) is 7.05 Å². The van der Waals surface area contributed by atoms with Gasteiger partial charge in [0.1, 0.15) is 0 Å². The molecule has 1 heterocycles. The van der Waals surface area contributed by atoms with E-state index >= 15 is 0 Å². The van der Waals surface area contributed by atoms with E-state index in [9.17, 15) is 4.79 Å². The highest BCUT2D eigenvalue weighted by atomic mass is 32.3. The highest BCUT2D eigenvalue weighted by Gasteiger charge is 2.43. The maximum atomic E-state index is 10.8. The molecule has 13 heavy (non-hydrogen) atoms. The SMILES string of the molecule is CC.CNC(=O)NS1(C(C)C)OO1. The number of hydrogen-bond acceptors (Lipinski definition) is 3. The summed E-state index contributed by atoms with van der Waals surface area (Å²) in [5.74, 6) is 0. The van der Waals surface area contributed by atoms with Crippen molar-refractivity contribution in [1.82, 2.24) is 10.0 Å². The van der Waals surface area contributed by atoms with Crippen LogP contribution in [0, 0.1) is 0 Å². The highest BCUT2D eigenvalue weighted by molar-refractivity contribution is 8.28. The second-order valence-electron chi connectivity index (χ2n) is 2.41. The summed E-state index contributed by atoms with van der Waals surface area (Å²) in [6.45, 7) is 7.86. The van der Waals surface area contributed by atoms with Gasteiger partial charge in [-0.3, -0.25) is 0 Å². The fourth-order valence-electron chi connectivity index (χ4n) is 0.519. The summed E-state index contributed by atoms with van der Waals surface area (Å²) in [6.07, 6.45) is 0. The lowest BCUT2D eigenvalue weighted by Gasteiger charge is -2.19. The monoisotopic (exact) mass is 210 g/mol. The maximum Gasteiger partial charge on any atom is 0.332 e. The van der Waals surface area contributed by atoms with Gasteiger partial charge in [0.25, 0.3) is 0 Å². The second kappa shape index (κ2) is 5.31. The molecule has 6 heteroatoms. The Labute approximate surface area is 81.0 Å². The van der Waals surface area contributed by atoms with E-state index in [1.54, 1.807) is 7.05 Å². The van der Waals surface area contributed by atoms with Crippen LogP contribution in [0.25, 0.3) is 0 Å². The third-order valence-corrected chi connectivity index (χ3v) is 3.44. The van der Waals surface area contributed by atoms with Gasteiger partial charge in [0.2, 0.25) is 0 Å². The van der Waals surface area contributed by atoms with Crippen molar-refractivity contribution < 1.29 is 13.5 Å². The van der Waals surface area contributed by atoms with E-state index in [1.807, 2.05) is 27.7 Å². The largest absolute Gasteiger partial charge is 0.340 e. The minimum Gasteiger partial charge on any atom is -0.340 e. The molecule has 1 saturated heterocycles. The summed E-state index contributed by atoms with van der Waals surface area (Å²) in [6, 6.07) is -0.272. The van der Waals surface area contributed by atoms with Crippen molar-refractivity contribution in [2.24, 2.45) is 0 Å². The normalized spacial score (nSPS) is 19.5. The molecule has 0 bridgehead atoms. The van der Waals surface area contributed by atoms with E-state index in [2.05, 4.69) is 10.0 Å². The molecule has 0 atom stereocenters. The minimum absolute atomic E-state index is 0.180. The molecule has 0 spiro atoms. The van der Waals surface area contributed by atoms with Gasteiger partial charge in [-0.1, -0.05) is 22.5 Å². The molecule has 80 valence electrons. The van der Waals surface area contributed by atoms with Crippen molar-refractivity contribution >= 4 is 16.8 Å². The zero-order valence-corrected chi connectivity index (χ0v) is 9.53. The Hall–Kier alpha value is -0.460. The number of hydrogen-bond donors (Lipinski definition) is 2. The first kappa shape index (κ1) is 12.5. The Balaban J connectivity index is 0.000000671. The second-order valence-corrected chi connectivity index (χ2v) is 4.92. The van der Waals surface area contributed by atoms with Crippen molar-refractivity contribution in [1.29, 1.82) is 0 Å². The molecule has 0 radical (unpaired) electrons. The fraction of sp³-hybridized carbons (Fsp3) is 0.857. The van der Waals surface area contributed by atoms with E-state index in [-0.39, 0.29) is 11.3 Å². The van der Waals surface area contributed by atoms with E-state index in [1.165, 1.54) is 0 Å². The number of nitrogens with one attached hydrogen (secondary N) is 2. The van der Waals surface area contributed by atoms with Crippen molar-refractivity contribution in [2.45, 2.75) is 32.9 Å². The van der Waals surface area contributed by atoms with E-state index < -0.39 is 10.8 Å². The zero-order valence-electron chi connectivity index (χ0n) is 8.71. The Morgan fingerprint density at radius 3 is 2.00 bits per heavy atom. The van der Waals surface area contributed by atoms with Crippen LogP contribution in [-0.2, 0) is 8.67 Å². The lowest BCUT2D eigenvalue weighted by atomic mass is 10.6. The summed E-state index contributed by atoms with van der Waals surface area (Å²) >= 11 is 0. The van der Waals surface area contributed by atoms with Crippen LogP contribution in [0.1, 0.15) is 27.7 Å². The summed E-state index contributed by atoms with van der Waals surface area (Å²) in [7, 11) is -0.175. The van der Waals surface area contributed by atoms with Crippen molar-refractivity contribution in [3.05, 3.63) is 0 Å². The summed E-state index contributed by atoms with van der Waals surface area (Å²) in [5, 5.41) is 2.61. The fourth-order valence-corrected chi connectivity index (χ4v) is 1.74. The van der Waals surface area contributed by atoms with Gasteiger partial charge in [-0.05, 0) is 24.6 Å². The van der Waals surface area contributed by atoms with Crippen molar-refractivity contribution in [2.75, 3.05) is 7.05 Å². The number of urea groups is 1. The van der Waals surface area contributed by atoms with Crippen LogP contribution in [0.15, 0.2) is 0 Å². The quantitative estimate of drug-likeness (QED) is 0.540. The molecule has 5 nitrogen and oxygen atoms in total. The van der Waals surface area contributed by atoms with Crippen LogP contribution < -0.4 is 10.0 Å². The average Bonchev–Trinajstić information content (AvgIpc) is 2.89. The van der Waals surface area contributed by atoms with E-state index in [0.29, 0.717) is 0 Å². The molecule has 0 aliphatic carbocycles. The van der Waals surface area contributed by atoms with Crippen LogP contribution in [0.5, 0.6) is 0 Å². The molecular weight excluding hydrogens is 192 g/mol. The minimum atomic E-state index is -1.72. The molecule has 0 aromatic heterocycles. The van der Waals surface area contributed by atoms with Gasteiger partial charge in [-0.15, -0.1) is 0 Å². The Kier molecular flexibility index (Phi) is 5.12. The van der Waals surface area contributed by atoms with Gasteiger partial charge in [-0.2, -0.15) is 0 Å². The summed E-state index contributed by atoms with van der Waals surface area (Å²) < 4.78 is 12.1. The maximum absolute atomic E-state index is 10.8.